The molecule has 13 nitrogen and oxygen atoms in total. The number of nitrogens with one attached hydrogen (secondary N) is 1. The summed E-state index contributed by atoms with van der Waals surface area (Å²) in [6, 6.07) is 10.3. The van der Waals surface area contributed by atoms with Crippen LogP contribution >= 0.6 is 0 Å². The van der Waals surface area contributed by atoms with Crippen LogP contribution in [0.15, 0.2) is 53.8 Å². The zero-order chi connectivity index (χ0) is 34.4. The number of anilines is 2. The highest BCUT2D eigenvalue weighted by atomic mass is 32.2. The summed E-state index contributed by atoms with van der Waals surface area (Å²) in [4.78, 5) is 24.2. The Bertz CT molecular complexity index is 1630. The topological polar surface area (TPSA) is 153 Å². The quantitative estimate of drug-likeness (QED) is 0.259. The number of carbonyl (C=O) groups excluding carboxylic acids is 1. The summed E-state index contributed by atoms with van der Waals surface area (Å²) in [6.07, 6.45) is 2.49. The summed E-state index contributed by atoms with van der Waals surface area (Å²) in [6.45, 7) is 12.5. The van der Waals surface area contributed by atoms with Gasteiger partial charge in [-0.3, -0.25) is 4.72 Å². The van der Waals surface area contributed by atoms with Crippen molar-refractivity contribution < 1.29 is 37.3 Å². The second kappa shape index (κ2) is 14.6. The Labute approximate surface area is 276 Å². The van der Waals surface area contributed by atoms with Crippen molar-refractivity contribution in [2.75, 3.05) is 56.1 Å². The first-order valence-electron chi connectivity index (χ1n) is 15.4. The number of rotatable bonds is 11. The summed E-state index contributed by atoms with van der Waals surface area (Å²) in [5.74, 6) is 1.04. The Morgan fingerprint density at radius 3 is 2.26 bits per heavy atom. The number of sulfonamides is 1. The number of methoxy groups -OCH3 is 1. The van der Waals surface area contributed by atoms with E-state index in [2.05, 4.69) is 14.7 Å². The minimum atomic E-state index is -4.39. The van der Waals surface area contributed by atoms with E-state index < -0.39 is 27.1 Å². The zero-order valence-electron chi connectivity index (χ0n) is 28.1. The lowest BCUT2D eigenvalue weighted by atomic mass is 9.85. The van der Waals surface area contributed by atoms with Crippen molar-refractivity contribution in [2.45, 2.75) is 63.9 Å². The summed E-state index contributed by atoms with van der Waals surface area (Å²) in [5, 5.41) is 9.60. The number of hydrogen-bond donors (Lipinski definition) is 2. The van der Waals surface area contributed by atoms with Crippen LogP contribution in [0.25, 0.3) is 0 Å². The highest BCUT2D eigenvalue weighted by Crippen LogP contribution is 2.50. The molecule has 2 aromatic carbocycles. The summed E-state index contributed by atoms with van der Waals surface area (Å²) < 4.78 is 55.4. The van der Waals surface area contributed by atoms with Gasteiger partial charge in [0.15, 0.2) is 27.9 Å². The molecule has 2 N–H and O–H groups in total. The molecule has 0 radical (unpaired) electrons. The third-order valence-electron chi connectivity index (χ3n) is 7.17. The van der Waals surface area contributed by atoms with Crippen LogP contribution < -0.4 is 23.8 Å². The average molecular weight is 672 g/mol. The molecule has 1 amide bonds. The van der Waals surface area contributed by atoms with Gasteiger partial charge in [-0.2, -0.15) is 0 Å². The Morgan fingerprint density at radius 1 is 1.00 bits per heavy atom. The molecule has 1 saturated heterocycles. The van der Waals surface area contributed by atoms with Crippen molar-refractivity contribution in [3.63, 3.8) is 0 Å². The number of nitrogens with zero attached hydrogens (tertiary/aromatic N) is 4. The van der Waals surface area contributed by atoms with Crippen LogP contribution in [0.4, 0.5) is 16.3 Å². The van der Waals surface area contributed by atoms with Crippen molar-refractivity contribution in [1.29, 1.82) is 0 Å². The molecule has 14 heteroatoms. The first-order chi connectivity index (χ1) is 22.1. The Hall–Kier alpha value is -4.30. The third kappa shape index (κ3) is 8.95. The lowest BCUT2D eigenvalue weighted by molar-refractivity contribution is 0.0240. The lowest BCUT2D eigenvalue weighted by Crippen LogP contribution is -2.50. The predicted molar refractivity (Wildman–Crippen MR) is 178 cm³/mol. The van der Waals surface area contributed by atoms with Crippen LogP contribution in [0.2, 0.25) is 0 Å². The molecule has 1 fully saturated rings. The highest BCUT2D eigenvalue weighted by molar-refractivity contribution is 7.93. The van der Waals surface area contributed by atoms with E-state index in [0.29, 0.717) is 48.9 Å². The van der Waals surface area contributed by atoms with E-state index in [1.54, 1.807) is 35.2 Å². The third-order valence-corrected chi connectivity index (χ3v) is 8.58. The van der Waals surface area contributed by atoms with E-state index in [-0.39, 0.29) is 41.8 Å². The number of piperazine rings is 1. The van der Waals surface area contributed by atoms with E-state index >= 15 is 0 Å². The largest absolute Gasteiger partial charge is 0.493 e. The second-order valence-electron chi connectivity index (χ2n) is 13.0. The van der Waals surface area contributed by atoms with Crippen molar-refractivity contribution in [3.8, 4) is 23.0 Å². The van der Waals surface area contributed by atoms with Crippen LogP contribution in [0.3, 0.4) is 0 Å². The number of aromatic nitrogens is 2. The summed E-state index contributed by atoms with van der Waals surface area (Å²) in [7, 11) is -2.87. The molecular formula is C33H45N5O8S. The van der Waals surface area contributed by atoms with Gasteiger partial charge in [-0.05, 0) is 50.5 Å². The normalized spacial score (nSPS) is 14.0. The van der Waals surface area contributed by atoms with Crippen LogP contribution in [-0.4, -0.2) is 86.6 Å². The molecule has 0 unspecified atom stereocenters. The number of ether oxygens (including phenoxy) is 4. The molecular weight excluding hydrogens is 626 g/mol. The molecule has 256 valence electrons. The van der Waals surface area contributed by atoms with Crippen molar-refractivity contribution >= 4 is 27.6 Å². The molecule has 0 saturated carbocycles. The van der Waals surface area contributed by atoms with Crippen LogP contribution in [-0.2, 0) is 20.2 Å². The molecule has 0 bridgehead atoms. The maximum Gasteiger partial charge on any atom is 0.410 e. The molecule has 0 atom stereocenters. The summed E-state index contributed by atoms with van der Waals surface area (Å²) >= 11 is 0. The van der Waals surface area contributed by atoms with Crippen LogP contribution in [0.5, 0.6) is 23.0 Å². The SMILES string of the molecule is COc1ccccc1Oc1c(C(C)(C)C)cc(N2CCN(C(=O)OC(C)(C)C)CC2)c(S(=O)(=O)Nc2ccncn2)c1OCCCO. The molecule has 1 aliphatic rings. The van der Waals surface area contributed by atoms with Gasteiger partial charge < -0.3 is 33.9 Å². The minimum Gasteiger partial charge on any atom is -0.493 e. The number of aliphatic hydroxyl groups is 1. The van der Waals surface area contributed by atoms with E-state index in [0.717, 1.165) is 0 Å². The lowest BCUT2D eigenvalue weighted by Gasteiger charge is -2.38. The maximum absolute atomic E-state index is 14.4. The predicted octanol–water partition coefficient (Wildman–Crippen LogP) is 5.19. The standard InChI is InChI=1S/C33H45N5O8S/c1-32(2,3)23-21-24(37-15-17-38(18-16-37)31(40)46-33(4,5)6)30(47(41,42)36-27-13-14-34-22-35-27)29(44-20-10-19-39)28(23)45-26-12-9-8-11-25(26)43-7/h8-9,11-14,21-22,39H,10,15-20H2,1-7H3,(H,34,35,36). The fourth-order valence-corrected chi connectivity index (χ4v) is 6.30. The smallest absolute Gasteiger partial charge is 0.410 e. The minimum absolute atomic E-state index is 0.00820. The van der Waals surface area contributed by atoms with Gasteiger partial charge in [0.2, 0.25) is 0 Å². The van der Waals surface area contributed by atoms with Crippen molar-refractivity contribution in [3.05, 3.63) is 54.5 Å². The van der Waals surface area contributed by atoms with Gasteiger partial charge in [0.05, 0.1) is 19.4 Å². The van der Waals surface area contributed by atoms with Crippen LogP contribution in [0, 0.1) is 0 Å². The molecule has 1 aromatic heterocycles. The molecule has 0 spiro atoms. The first kappa shape index (κ1) is 35.6. The number of para-hydroxylation sites is 2. The zero-order valence-corrected chi connectivity index (χ0v) is 28.9. The fourth-order valence-electron chi connectivity index (χ4n) is 4.94. The highest BCUT2D eigenvalue weighted by Gasteiger charge is 2.37. The summed E-state index contributed by atoms with van der Waals surface area (Å²) in [5.41, 5.74) is -0.163. The molecule has 47 heavy (non-hydrogen) atoms. The van der Waals surface area contributed by atoms with Gasteiger partial charge in [0, 0.05) is 51.0 Å². The van der Waals surface area contributed by atoms with E-state index in [9.17, 15) is 18.3 Å². The molecule has 0 aliphatic carbocycles. The van der Waals surface area contributed by atoms with Gasteiger partial charge in [0.25, 0.3) is 10.0 Å². The monoisotopic (exact) mass is 671 g/mol. The molecule has 3 aromatic rings. The molecule has 4 rings (SSSR count). The van der Waals surface area contributed by atoms with Crippen LogP contribution in [0.1, 0.15) is 53.5 Å². The average Bonchev–Trinajstić information content (AvgIpc) is 3.00. The molecule has 1 aliphatic heterocycles. The van der Waals surface area contributed by atoms with Gasteiger partial charge >= 0.3 is 6.09 Å². The second-order valence-corrected chi connectivity index (χ2v) is 14.6. The van der Waals surface area contributed by atoms with Gasteiger partial charge in [-0.25, -0.2) is 23.2 Å². The Kier molecular flexibility index (Phi) is 11.1. The van der Waals surface area contributed by atoms with Gasteiger partial charge in [-0.15, -0.1) is 0 Å². The number of aliphatic hydroxyl groups excluding tert-OH is 1. The fraction of sp³-hybridized carbons (Fsp3) is 0.485. The number of hydrogen-bond acceptors (Lipinski definition) is 11. The van der Waals surface area contributed by atoms with Crippen molar-refractivity contribution in [2.24, 2.45) is 0 Å². The maximum atomic E-state index is 14.4. The van der Waals surface area contributed by atoms with E-state index in [4.69, 9.17) is 18.9 Å². The number of carbonyl (C=O) groups is 1. The van der Waals surface area contributed by atoms with E-state index in [1.807, 2.05) is 46.4 Å². The number of benzene rings is 2. The Morgan fingerprint density at radius 2 is 1.68 bits per heavy atom. The molecule has 2 heterocycles. The van der Waals surface area contributed by atoms with Gasteiger partial charge in [-0.1, -0.05) is 32.9 Å². The van der Waals surface area contributed by atoms with Crippen molar-refractivity contribution in [1.82, 2.24) is 14.9 Å². The number of amides is 1. The Balaban J connectivity index is 1.93. The van der Waals surface area contributed by atoms with E-state index in [1.165, 1.54) is 25.7 Å². The first-order valence-corrected chi connectivity index (χ1v) is 16.9. The van der Waals surface area contributed by atoms with Gasteiger partial charge in [0.1, 0.15) is 17.7 Å².